The molecule has 19 heavy (non-hydrogen) atoms. The van der Waals surface area contributed by atoms with Crippen LogP contribution in [0.2, 0.25) is 0 Å². The maximum atomic E-state index is 4.55. The van der Waals surface area contributed by atoms with Gasteiger partial charge in [-0.3, -0.25) is 9.97 Å². The van der Waals surface area contributed by atoms with E-state index in [1.807, 2.05) is 18.5 Å². The lowest BCUT2D eigenvalue weighted by molar-refractivity contribution is 0.589. The number of aromatic nitrogens is 2. The zero-order valence-electron chi connectivity index (χ0n) is 12.4. The topological polar surface area (TPSA) is 25.8 Å². The Bertz CT molecular complexity index is 548. The zero-order valence-corrected chi connectivity index (χ0v) is 12.4. The van der Waals surface area contributed by atoms with Crippen LogP contribution in [0, 0.1) is 0 Å². The van der Waals surface area contributed by atoms with Crippen LogP contribution in [0.1, 0.15) is 51.8 Å². The van der Waals surface area contributed by atoms with Crippen molar-refractivity contribution in [3.63, 3.8) is 0 Å². The summed E-state index contributed by atoms with van der Waals surface area (Å²) in [4.78, 5) is 9.09. The average Bonchev–Trinajstić information content (AvgIpc) is 2.38. The fourth-order valence-corrected chi connectivity index (χ4v) is 2.13. The van der Waals surface area contributed by atoms with Gasteiger partial charge in [0.2, 0.25) is 0 Å². The van der Waals surface area contributed by atoms with Crippen molar-refractivity contribution in [2.24, 2.45) is 0 Å². The first-order valence-corrected chi connectivity index (χ1v) is 6.81. The zero-order chi connectivity index (χ0) is 14.0. The van der Waals surface area contributed by atoms with Crippen molar-refractivity contribution in [1.82, 2.24) is 9.97 Å². The van der Waals surface area contributed by atoms with Crippen molar-refractivity contribution < 1.29 is 0 Å². The first-order valence-electron chi connectivity index (χ1n) is 6.81. The van der Waals surface area contributed by atoms with Gasteiger partial charge in [0.25, 0.3) is 0 Å². The Morgan fingerprint density at radius 2 is 1.74 bits per heavy atom. The lowest BCUT2D eigenvalue weighted by Crippen LogP contribution is -2.13. The third-order valence-electron chi connectivity index (χ3n) is 3.27. The fraction of sp³-hybridized carbons (Fsp3) is 0.412. The van der Waals surface area contributed by atoms with Gasteiger partial charge in [-0.2, -0.15) is 0 Å². The van der Waals surface area contributed by atoms with E-state index in [2.05, 4.69) is 62.8 Å². The van der Waals surface area contributed by atoms with Gasteiger partial charge in [0, 0.05) is 23.7 Å². The van der Waals surface area contributed by atoms with Crippen molar-refractivity contribution in [1.29, 1.82) is 0 Å². The van der Waals surface area contributed by atoms with Gasteiger partial charge in [-0.1, -0.05) is 40.7 Å². The predicted molar refractivity (Wildman–Crippen MR) is 80.3 cm³/mol. The summed E-state index contributed by atoms with van der Waals surface area (Å²) < 4.78 is 0. The van der Waals surface area contributed by atoms with Crippen LogP contribution in [0.5, 0.6) is 0 Å². The Balaban J connectivity index is 2.48. The van der Waals surface area contributed by atoms with E-state index in [9.17, 15) is 0 Å². The third-order valence-corrected chi connectivity index (χ3v) is 3.27. The van der Waals surface area contributed by atoms with E-state index < -0.39 is 0 Å². The molecule has 0 aliphatic rings. The third kappa shape index (κ3) is 3.01. The highest BCUT2D eigenvalue weighted by molar-refractivity contribution is 5.63. The van der Waals surface area contributed by atoms with Crippen LogP contribution in [-0.4, -0.2) is 9.97 Å². The molecule has 2 heteroatoms. The Morgan fingerprint density at radius 3 is 2.26 bits per heavy atom. The Kier molecular flexibility index (Phi) is 3.70. The summed E-state index contributed by atoms with van der Waals surface area (Å²) in [5, 5.41) is 0. The molecule has 2 heterocycles. The number of hydrogen-bond donors (Lipinski definition) is 0. The summed E-state index contributed by atoms with van der Waals surface area (Å²) >= 11 is 0. The van der Waals surface area contributed by atoms with Gasteiger partial charge in [-0.15, -0.1) is 0 Å². The molecule has 0 fully saturated rings. The summed E-state index contributed by atoms with van der Waals surface area (Å²) in [5.41, 5.74) is 4.60. The van der Waals surface area contributed by atoms with Gasteiger partial charge < -0.3 is 0 Å². The van der Waals surface area contributed by atoms with E-state index >= 15 is 0 Å². The van der Waals surface area contributed by atoms with Crippen molar-refractivity contribution in [3.05, 3.63) is 47.9 Å². The molecular weight excluding hydrogens is 232 g/mol. The molecule has 0 saturated carbocycles. The monoisotopic (exact) mass is 254 g/mol. The van der Waals surface area contributed by atoms with Crippen LogP contribution in [0.4, 0.5) is 0 Å². The van der Waals surface area contributed by atoms with Crippen LogP contribution in [0.3, 0.4) is 0 Å². The Hall–Kier alpha value is -1.70. The van der Waals surface area contributed by atoms with Gasteiger partial charge in [0.15, 0.2) is 0 Å². The van der Waals surface area contributed by atoms with E-state index in [-0.39, 0.29) is 5.41 Å². The minimum atomic E-state index is 0.0836. The average molecular weight is 254 g/mol. The molecule has 2 nitrogen and oxygen atoms in total. The molecule has 0 aliphatic carbocycles. The maximum absolute atomic E-state index is 4.55. The molecular formula is C17H22N2. The number of rotatable bonds is 2. The number of pyridine rings is 2. The molecule has 0 unspecified atom stereocenters. The summed E-state index contributed by atoms with van der Waals surface area (Å²) in [6.07, 6.45) is 3.79. The maximum Gasteiger partial charge on any atom is 0.0754 e. The normalized spacial score (nSPS) is 11.9. The van der Waals surface area contributed by atoms with Gasteiger partial charge >= 0.3 is 0 Å². The molecule has 0 spiro atoms. The lowest BCUT2D eigenvalue weighted by Gasteiger charge is -2.22. The summed E-state index contributed by atoms with van der Waals surface area (Å²) in [6.45, 7) is 10.9. The first kappa shape index (κ1) is 13.7. The Labute approximate surface area is 115 Å². The number of hydrogen-bond acceptors (Lipinski definition) is 2. The van der Waals surface area contributed by atoms with Crippen LogP contribution in [0.25, 0.3) is 11.3 Å². The first-order chi connectivity index (χ1) is 8.89. The van der Waals surface area contributed by atoms with Crippen molar-refractivity contribution in [3.8, 4) is 11.3 Å². The molecule has 2 aromatic heterocycles. The highest BCUT2D eigenvalue weighted by Gasteiger charge is 2.19. The van der Waals surface area contributed by atoms with Crippen LogP contribution in [-0.2, 0) is 5.41 Å². The van der Waals surface area contributed by atoms with E-state index in [0.29, 0.717) is 5.92 Å². The molecule has 0 amide bonds. The van der Waals surface area contributed by atoms with Gasteiger partial charge in [-0.05, 0) is 35.1 Å². The fourth-order valence-electron chi connectivity index (χ4n) is 2.13. The molecule has 2 rings (SSSR count). The highest BCUT2D eigenvalue weighted by Crippen LogP contribution is 2.31. The molecule has 0 atom stereocenters. The molecule has 0 saturated heterocycles. The van der Waals surface area contributed by atoms with E-state index in [1.54, 1.807) is 0 Å². The van der Waals surface area contributed by atoms with Crippen LogP contribution < -0.4 is 0 Å². The second-order valence-electron chi connectivity index (χ2n) is 6.28. The van der Waals surface area contributed by atoms with Gasteiger partial charge in [-0.25, -0.2) is 0 Å². The van der Waals surface area contributed by atoms with Gasteiger partial charge in [0.05, 0.1) is 5.69 Å². The van der Waals surface area contributed by atoms with E-state index in [0.717, 1.165) is 17.0 Å². The smallest absolute Gasteiger partial charge is 0.0754 e. The summed E-state index contributed by atoms with van der Waals surface area (Å²) in [5.74, 6) is 0.458. The van der Waals surface area contributed by atoms with Crippen LogP contribution in [0.15, 0.2) is 36.7 Å². The molecule has 2 aromatic rings. The summed E-state index contributed by atoms with van der Waals surface area (Å²) in [6, 6.07) is 8.37. The quantitative estimate of drug-likeness (QED) is 0.785. The van der Waals surface area contributed by atoms with Crippen molar-refractivity contribution >= 4 is 0 Å². The predicted octanol–water partition coefficient (Wildman–Crippen LogP) is 4.56. The highest BCUT2D eigenvalue weighted by atomic mass is 14.7. The molecule has 0 aliphatic heterocycles. The van der Waals surface area contributed by atoms with Crippen molar-refractivity contribution in [2.45, 2.75) is 46.0 Å². The minimum Gasteiger partial charge on any atom is -0.260 e. The second kappa shape index (κ2) is 5.12. The Morgan fingerprint density at radius 1 is 1.00 bits per heavy atom. The largest absolute Gasteiger partial charge is 0.260 e. The lowest BCUT2D eigenvalue weighted by atomic mass is 9.84. The van der Waals surface area contributed by atoms with Crippen LogP contribution >= 0.6 is 0 Å². The minimum absolute atomic E-state index is 0.0836. The molecule has 0 radical (unpaired) electrons. The molecule has 0 N–H and O–H groups in total. The number of nitrogens with zero attached hydrogens (tertiary/aromatic N) is 2. The molecule has 0 aromatic carbocycles. The van der Waals surface area contributed by atoms with E-state index in [1.165, 1.54) is 5.56 Å². The van der Waals surface area contributed by atoms with Gasteiger partial charge in [0.1, 0.15) is 0 Å². The SMILES string of the molecule is CC(C)c1ccc(-c2ncccc2C(C)(C)C)cn1. The molecule has 0 bridgehead atoms. The van der Waals surface area contributed by atoms with Crippen molar-refractivity contribution in [2.75, 3.05) is 0 Å². The molecule has 100 valence electrons. The standard InChI is InChI=1S/C17H22N2/c1-12(2)15-9-8-13(11-19-15)16-14(17(3,4)5)7-6-10-18-16/h6-12H,1-5H3. The second-order valence-corrected chi connectivity index (χ2v) is 6.28. The summed E-state index contributed by atoms with van der Waals surface area (Å²) in [7, 11) is 0. The van der Waals surface area contributed by atoms with E-state index in [4.69, 9.17) is 0 Å².